The topological polar surface area (TPSA) is 132 Å². The molecule has 3 atom stereocenters. The van der Waals surface area contributed by atoms with Gasteiger partial charge in [0.2, 0.25) is 5.91 Å². The van der Waals surface area contributed by atoms with E-state index in [1.54, 1.807) is 18.2 Å². The molecule has 186 valence electrons. The normalized spacial score (nSPS) is 21.1. The van der Waals surface area contributed by atoms with E-state index in [-0.39, 0.29) is 35.4 Å². The van der Waals surface area contributed by atoms with E-state index < -0.39 is 10.8 Å². The molecule has 0 bridgehead atoms. The van der Waals surface area contributed by atoms with Crippen LogP contribution in [0.4, 0.5) is 17.1 Å². The van der Waals surface area contributed by atoms with Crippen LogP contribution in [0.15, 0.2) is 36.4 Å². The van der Waals surface area contributed by atoms with E-state index in [0.29, 0.717) is 42.2 Å². The zero-order valence-corrected chi connectivity index (χ0v) is 19.8. The van der Waals surface area contributed by atoms with E-state index >= 15 is 0 Å². The predicted molar refractivity (Wildman–Crippen MR) is 131 cm³/mol. The minimum absolute atomic E-state index is 0.0119. The number of fused-ring (bicyclic) bond motifs is 1. The number of nitro groups is 1. The molecule has 0 aromatic heterocycles. The molecular weight excluding hydrogens is 452 g/mol. The standard InChI is InChI=1S/C25H30N4O6/c1-15-4-3-5-20(16(15)2)26-14-24(30)28-21-8-7-18(29(32)33)13-19(21)25(31)27-17-6-9-22-23(12-17)35-11-10-34-22/h6-9,12-13,15-16,20,26H,3-5,10-11,14H2,1-2H3,(H,27,31)(H,28,30)/t15-,16+,20-/m1/s1. The van der Waals surface area contributed by atoms with Gasteiger partial charge in [0.05, 0.1) is 22.7 Å². The summed E-state index contributed by atoms with van der Waals surface area (Å²) in [6.07, 6.45) is 3.33. The van der Waals surface area contributed by atoms with Crippen LogP contribution >= 0.6 is 0 Å². The Balaban J connectivity index is 1.47. The first kappa shape index (κ1) is 24.5. The molecule has 0 saturated heterocycles. The Labute approximate surface area is 203 Å². The van der Waals surface area contributed by atoms with Crippen LogP contribution in [-0.4, -0.2) is 42.5 Å². The monoisotopic (exact) mass is 482 g/mol. The number of anilines is 2. The molecule has 35 heavy (non-hydrogen) atoms. The average Bonchev–Trinajstić information content (AvgIpc) is 2.85. The number of nitrogens with one attached hydrogen (secondary N) is 3. The van der Waals surface area contributed by atoms with E-state index in [2.05, 4.69) is 29.8 Å². The molecular formula is C25H30N4O6. The van der Waals surface area contributed by atoms with Gasteiger partial charge in [-0.3, -0.25) is 19.7 Å². The maximum absolute atomic E-state index is 13.1. The Morgan fingerprint density at radius 1 is 1.03 bits per heavy atom. The van der Waals surface area contributed by atoms with Gasteiger partial charge in [-0.05, 0) is 36.5 Å². The minimum Gasteiger partial charge on any atom is -0.486 e. The zero-order valence-electron chi connectivity index (χ0n) is 19.8. The van der Waals surface area contributed by atoms with Crippen molar-refractivity contribution in [2.24, 2.45) is 11.8 Å². The van der Waals surface area contributed by atoms with Crippen LogP contribution in [0.5, 0.6) is 11.5 Å². The van der Waals surface area contributed by atoms with Gasteiger partial charge in [-0.25, -0.2) is 0 Å². The largest absolute Gasteiger partial charge is 0.486 e. The smallest absolute Gasteiger partial charge is 0.270 e. The molecule has 10 heteroatoms. The second-order valence-corrected chi connectivity index (χ2v) is 9.10. The molecule has 4 rings (SSSR count). The molecule has 0 spiro atoms. The van der Waals surface area contributed by atoms with Gasteiger partial charge in [0, 0.05) is 29.9 Å². The van der Waals surface area contributed by atoms with Crippen LogP contribution in [0, 0.1) is 22.0 Å². The molecule has 1 fully saturated rings. The highest BCUT2D eigenvalue weighted by Gasteiger charge is 2.27. The number of hydrogen-bond acceptors (Lipinski definition) is 7. The summed E-state index contributed by atoms with van der Waals surface area (Å²) in [6, 6.07) is 8.99. The number of rotatable bonds is 7. The maximum Gasteiger partial charge on any atom is 0.270 e. The molecule has 2 aromatic carbocycles. The van der Waals surface area contributed by atoms with Crippen LogP contribution in [0.2, 0.25) is 0 Å². The van der Waals surface area contributed by atoms with Crippen molar-refractivity contribution in [3.63, 3.8) is 0 Å². The number of carbonyl (C=O) groups is 2. The average molecular weight is 483 g/mol. The quantitative estimate of drug-likeness (QED) is 0.402. The first-order valence-electron chi connectivity index (χ1n) is 11.8. The van der Waals surface area contributed by atoms with E-state index in [1.165, 1.54) is 18.6 Å². The molecule has 1 heterocycles. The molecule has 1 saturated carbocycles. The van der Waals surface area contributed by atoms with Crippen molar-refractivity contribution in [2.75, 3.05) is 30.4 Å². The van der Waals surface area contributed by atoms with Crippen LogP contribution in [0.25, 0.3) is 0 Å². The number of benzene rings is 2. The third-order valence-corrected chi connectivity index (χ3v) is 6.76. The fourth-order valence-corrected chi connectivity index (χ4v) is 4.55. The molecule has 2 aliphatic rings. The molecule has 0 radical (unpaired) electrons. The number of nitrogens with zero attached hydrogens (tertiary/aromatic N) is 1. The summed E-state index contributed by atoms with van der Waals surface area (Å²) in [4.78, 5) is 36.5. The number of nitro benzene ring substituents is 1. The predicted octanol–water partition coefficient (Wildman–Crippen LogP) is 3.97. The molecule has 10 nitrogen and oxygen atoms in total. The second kappa shape index (κ2) is 10.7. The zero-order chi connectivity index (χ0) is 24.9. The summed E-state index contributed by atoms with van der Waals surface area (Å²) < 4.78 is 11.0. The highest BCUT2D eigenvalue weighted by Crippen LogP contribution is 2.33. The lowest BCUT2D eigenvalue weighted by molar-refractivity contribution is -0.384. The molecule has 3 N–H and O–H groups in total. The summed E-state index contributed by atoms with van der Waals surface area (Å²) >= 11 is 0. The number of non-ortho nitro benzene ring substituents is 1. The third-order valence-electron chi connectivity index (χ3n) is 6.76. The number of ether oxygens (including phenoxy) is 2. The van der Waals surface area contributed by atoms with Crippen molar-refractivity contribution < 1.29 is 24.0 Å². The maximum atomic E-state index is 13.1. The van der Waals surface area contributed by atoms with Crippen LogP contribution in [-0.2, 0) is 4.79 Å². The van der Waals surface area contributed by atoms with E-state index in [4.69, 9.17) is 9.47 Å². The summed E-state index contributed by atoms with van der Waals surface area (Å²) in [5, 5.41) is 20.1. The molecule has 2 aromatic rings. The highest BCUT2D eigenvalue weighted by molar-refractivity contribution is 6.10. The fourth-order valence-electron chi connectivity index (χ4n) is 4.55. The van der Waals surface area contributed by atoms with Crippen molar-refractivity contribution in [3.05, 3.63) is 52.1 Å². The van der Waals surface area contributed by atoms with Gasteiger partial charge in [0.1, 0.15) is 13.2 Å². The number of carbonyl (C=O) groups excluding carboxylic acids is 2. The molecule has 2 amide bonds. The van der Waals surface area contributed by atoms with Gasteiger partial charge in [-0.1, -0.05) is 26.7 Å². The van der Waals surface area contributed by atoms with Crippen LogP contribution in [0.1, 0.15) is 43.5 Å². The van der Waals surface area contributed by atoms with E-state index in [1.807, 2.05) is 0 Å². The Morgan fingerprint density at radius 2 is 1.80 bits per heavy atom. The molecule has 0 unspecified atom stereocenters. The summed E-state index contributed by atoms with van der Waals surface area (Å²) in [6.45, 7) is 5.35. The lowest BCUT2D eigenvalue weighted by Crippen LogP contribution is -2.43. The van der Waals surface area contributed by atoms with E-state index in [9.17, 15) is 19.7 Å². The number of hydrogen-bond donors (Lipinski definition) is 3. The SMILES string of the molecule is C[C@H]1[C@H](C)CCC[C@H]1NCC(=O)Nc1ccc([N+](=O)[O-])cc1C(=O)Nc1ccc2c(c1)OCCO2. The number of amides is 2. The van der Waals surface area contributed by atoms with Gasteiger partial charge in [-0.2, -0.15) is 0 Å². The summed E-state index contributed by atoms with van der Waals surface area (Å²) in [5.74, 6) is 1.21. The van der Waals surface area contributed by atoms with Crippen molar-refractivity contribution in [3.8, 4) is 11.5 Å². The molecule has 1 aliphatic carbocycles. The van der Waals surface area contributed by atoms with Crippen LogP contribution < -0.4 is 25.4 Å². The Bertz CT molecular complexity index is 1120. The summed E-state index contributed by atoms with van der Waals surface area (Å²) in [7, 11) is 0. The Kier molecular flexibility index (Phi) is 7.50. The van der Waals surface area contributed by atoms with Crippen LogP contribution in [0.3, 0.4) is 0 Å². The second-order valence-electron chi connectivity index (χ2n) is 9.10. The Morgan fingerprint density at radius 3 is 2.57 bits per heavy atom. The van der Waals surface area contributed by atoms with Gasteiger partial charge in [0.15, 0.2) is 11.5 Å². The lowest BCUT2D eigenvalue weighted by Gasteiger charge is -2.34. The minimum atomic E-state index is -0.594. The van der Waals surface area contributed by atoms with Gasteiger partial charge >= 0.3 is 0 Å². The third kappa shape index (κ3) is 5.89. The van der Waals surface area contributed by atoms with Crippen molar-refractivity contribution in [2.45, 2.75) is 39.2 Å². The van der Waals surface area contributed by atoms with E-state index in [0.717, 1.165) is 18.9 Å². The van der Waals surface area contributed by atoms with Crippen molar-refractivity contribution >= 4 is 28.9 Å². The van der Waals surface area contributed by atoms with Crippen molar-refractivity contribution in [1.29, 1.82) is 0 Å². The summed E-state index contributed by atoms with van der Waals surface area (Å²) in [5.41, 5.74) is 0.369. The first-order chi connectivity index (χ1) is 16.8. The lowest BCUT2D eigenvalue weighted by atomic mass is 9.78. The fraction of sp³-hybridized carbons (Fsp3) is 0.440. The Hall–Kier alpha value is -3.66. The first-order valence-corrected chi connectivity index (χ1v) is 11.8. The van der Waals surface area contributed by atoms with Gasteiger partial charge in [-0.15, -0.1) is 0 Å². The van der Waals surface area contributed by atoms with Gasteiger partial charge < -0.3 is 25.4 Å². The highest BCUT2D eigenvalue weighted by atomic mass is 16.6. The van der Waals surface area contributed by atoms with Crippen molar-refractivity contribution in [1.82, 2.24) is 5.32 Å². The van der Waals surface area contributed by atoms with Gasteiger partial charge in [0.25, 0.3) is 11.6 Å². The molecule has 1 aliphatic heterocycles.